The van der Waals surface area contributed by atoms with E-state index < -0.39 is 63.0 Å². The maximum atomic E-state index is 13.5. The van der Waals surface area contributed by atoms with Gasteiger partial charge in [-0.2, -0.15) is 4.79 Å². The molecule has 0 saturated carbocycles. The predicted octanol–water partition coefficient (Wildman–Crippen LogP) is -0.279. The molecular formula is C23H20N2O9. The molecule has 176 valence electrons. The number of fused-ring (bicyclic) bond motifs is 3. The molecule has 3 aliphatic rings. The molecule has 11 heteroatoms. The maximum absolute atomic E-state index is 13.5. The van der Waals surface area contributed by atoms with Crippen LogP contribution in [0.4, 0.5) is 0 Å². The van der Waals surface area contributed by atoms with Crippen molar-refractivity contribution in [1.82, 2.24) is 0 Å². The number of ether oxygens (including phenoxy) is 2. The SMILES string of the molecule is CCC(=O)O[C@@H]1c2c(c3c(=O)c4cccc(O)c4c(=O)c=3c2=[N+]=[N-])[C@H](O)[C@@H](OC(C)=O)[C@@]1(C)O. The fourth-order valence-corrected chi connectivity index (χ4v) is 4.68. The summed E-state index contributed by atoms with van der Waals surface area (Å²) in [6.45, 7) is 3.66. The number of carbonyl (C=O) groups is 2. The molecule has 0 spiro atoms. The van der Waals surface area contributed by atoms with Crippen LogP contribution >= 0.6 is 0 Å². The number of rotatable bonds is 3. The number of carbonyl (C=O) groups excluding carboxylic acids is 2. The normalized spacial score (nSPS) is 24.0. The van der Waals surface area contributed by atoms with Gasteiger partial charge in [-0.1, -0.05) is 19.1 Å². The monoisotopic (exact) mass is 468 g/mol. The highest BCUT2D eigenvalue weighted by atomic mass is 16.6. The highest BCUT2D eigenvalue weighted by Gasteiger charge is 2.57. The lowest BCUT2D eigenvalue weighted by Crippen LogP contribution is -2.55. The van der Waals surface area contributed by atoms with Gasteiger partial charge in [0.1, 0.15) is 22.7 Å². The Bertz CT molecular complexity index is 1610. The molecule has 1 aromatic rings. The van der Waals surface area contributed by atoms with Crippen LogP contribution < -0.4 is 16.2 Å². The molecule has 4 atom stereocenters. The van der Waals surface area contributed by atoms with Crippen LogP contribution in [0, 0.1) is 10.4 Å². The summed E-state index contributed by atoms with van der Waals surface area (Å²) in [7, 11) is 0. The van der Waals surface area contributed by atoms with Crippen LogP contribution in [0.15, 0.2) is 27.8 Å². The van der Waals surface area contributed by atoms with Gasteiger partial charge in [-0.3, -0.25) is 19.2 Å². The third-order valence-corrected chi connectivity index (χ3v) is 6.15. The minimum Gasteiger partial charge on any atom is -0.507 e. The Kier molecular flexibility index (Phi) is 5.36. The number of nitrogens with zero attached hydrogens (tertiary/aromatic N) is 2. The summed E-state index contributed by atoms with van der Waals surface area (Å²) in [6.07, 6.45) is -5.37. The summed E-state index contributed by atoms with van der Waals surface area (Å²) < 4.78 is 10.5. The quantitative estimate of drug-likeness (QED) is 0.264. The van der Waals surface area contributed by atoms with E-state index in [1.165, 1.54) is 25.1 Å². The van der Waals surface area contributed by atoms with Gasteiger partial charge in [-0.15, -0.1) is 0 Å². The van der Waals surface area contributed by atoms with Gasteiger partial charge in [-0.25, -0.2) is 0 Å². The standard InChI is InChI=1S/C23H20N2O9/c1-4-11(28)34-21-16-14(20(31)22(23(21,3)32)33-8(2)26)13-15(17(16)25-24)19(30)12-9(18(13)29)6-5-7-10(12)27/h5-7,20-22,27,31-32H,4H2,1-3H3/t20-,21+,22+,23-/m0/s1. The van der Waals surface area contributed by atoms with Crippen molar-refractivity contribution >= 4 is 22.7 Å². The van der Waals surface area contributed by atoms with Gasteiger partial charge in [0.25, 0.3) is 0 Å². The van der Waals surface area contributed by atoms with Gasteiger partial charge in [0.05, 0.1) is 10.9 Å². The molecule has 1 aromatic carbocycles. The molecule has 0 amide bonds. The first-order valence-electron chi connectivity index (χ1n) is 10.4. The number of hydrogen-bond acceptors (Lipinski definition) is 9. The van der Waals surface area contributed by atoms with Crippen LogP contribution in [0.5, 0.6) is 5.75 Å². The van der Waals surface area contributed by atoms with Gasteiger partial charge in [-0.05, 0) is 13.0 Å². The first kappa shape index (κ1) is 23.2. The van der Waals surface area contributed by atoms with Crippen molar-refractivity contribution in [2.24, 2.45) is 0 Å². The first-order valence-corrected chi connectivity index (χ1v) is 10.4. The molecule has 3 aliphatic carbocycles. The molecule has 11 nitrogen and oxygen atoms in total. The van der Waals surface area contributed by atoms with E-state index in [1.807, 2.05) is 0 Å². The van der Waals surface area contributed by atoms with Crippen LogP contribution in [0.2, 0.25) is 0 Å². The largest absolute Gasteiger partial charge is 0.507 e. The number of aliphatic hydroxyl groups is 2. The average molecular weight is 468 g/mol. The molecule has 0 bridgehead atoms. The lowest BCUT2D eigenvalue weighted by molar-refractivity contribution is -0.217. The average Bonchev–Trinajstić information content (AvgIpc) is 3.13. The van der Waals surface area contributed by atoms with Gasteiger partial charge in [0.2, 0.25) is 5.43 Å². The van der Waals surface area contributed by atoms with Crippen molar-refractivity contribution in [3.63, 3.8) is 0 Å². The number of phenolic OH excluding ortho intramolecular Hbond substituents is 1. The third kappa shape index (κ3) is 3.06. The lowest BCUT2D eigenvalue weighted by Gasteiger charge is -2.43. The van der Waals surface area contributed by atoms with Crippen molar-refractivity contribution in [3.8, 4) is 5.75 Å². The number of aromatic hydroxyl groups is 1. The maximum Gasteiger partial charge on any atom is 0.334 e. The van der Waals surface area contributed by atoms with E-state index in [2.05, 4.69) is 4.79 Å². The van der Waals surface area contributed by atoms with Crippen molar-refractivity contribution in [2.75, 3.05) is 0 Å². The second-order valence-corrected chi connectivity index (χ2v) is 8.31. The molecule has 4 rings (SSSR count). The van der Waals surface area contributed by atoms with E-state index in [-0.39, 0.29) is 33.5 Å². The van der Waals surface area contributed by atoms with Gasteiger partial charge < -0.3 is 30.3 Å². The zero-order chi connectivity index (χ0) is 25.1. The Morgan fingerprint density at radius 1 is 1.15 bits per heavy atom. The molecule has 0 unspecified atom stereocenters. The molecule has 0 aliphatic heterocycles. The molecule has 3 N–H and O–H groups in total. The van der Waals surface area contributed by atoms with Crippen LogP contribution in [0.1, 0.15) is 50.5 Å². The van der Waals surface area contributed by atoms with Crippen LogP contribution in [-0.4, -0.2) is 43.8 Å². The molecule has 0 aromatic heterocycles. The van der Waals surface area contributed by atoms with E-state index in [1.54, 1.807) is 0 Å². The Hall–Kier alpha value is -3.92. The Balaban J connectivity index is 2.28. The predicted molar refractivity (Wildman–Crippen MR) is 113 cm³/mol. The number of esters is 2. The zero-order valence-corrected chi connectivity index (χ0v) is 18.4. The highest BCUT2D eigenvalue weighted by molar-refractivity contribution is 5.88. The minimum absolute atomic E-state index is 0.119. The highest BCUT2D eigenvalue weighted by Crippen LogP contribution is 2.46. The third-order valence-electron chi connectivity index (χ3n) is 6.15. The number of benzene rings is 1. The summed E-state index contributed by atoms with van der Waals surface area (Å²) in [6, 6.07) is 3.86. The zero-order valence-electron chi connectivity index (χ0n) is 18.4. The van der Waals surface area contributed by atoms with E-state index in [4.69, 9.17) is 9.47 Å². The fraction of sp³-hybridized carbons (Fsp3) is 0.348. The summed E-state index contributed by atoms with van der Waals surface area (Å²) in [4.78, 5) is 53.9. The molecular weight excluding hydrogens is 448 g/mol. The molecule has 0 saturated heterocycles. The topological polar surface area (TPSA) is 184 Å². The number of aliphatic hydroxyl groups excluding tert-OH is 1. The summed E-state index contributed by atoms with van der Waals surface area (Å²) in [5.74, 6) is -2.15. The van der Waals surface area contributed by atoms with Crippen molar-refractivity contribution in [1.29, 1.82) is 0 Å². The summed E-state index contributed by atoms with van der Waals surface area (Å²) in [5, 5.41) is 30.9. The van der Waals surface area contributed by atoms with Crippen molar-refractivity contribution in [2.45, 2.75) is 51.1 Å². The molecule has 0 heterocycles. The fourth-order valence-electron chi connectivity index (χ4n) is 4.68. The van der Waals surface area contributed by atoms with E-state index >= 15 is 0 Å². The number of hydrogen-bond donors (Lipinski definition) is 3. The van der Waals surface area contributed by atoms with Crippen LogP contribution in [0.25, 0.3) is 16.3 Å². The van der Waals surface area contributed by atoms with Crippen molar-refractivity contribution in [3.05, 3.63) is 71.1 Å². The smallest absolute Gasteiger partial charge is 0.334 e. The molecule has 34 heavy (non-hydrogen) atoms. The van der Waals surface area contributed by atoms with E-state index in [9.17, 15) is 40.0 Å². The van der Waals surface area contributed by atoms with Gasteiger partial charge in [0, 0.05) is 29.5 Å². The minimum atomic E-state index is -2.25. The Labute approximate surface area is 190 Å². The number of phenols is 1. The first-order chi connectivity index (χ1) is 16.0. The molecule has 0 radical (unpaired) electrons. The summed E-state index contributed by atoms with van der Waals surface area (Å²) >= 11 is 0. The second-order valence-electron chi connectivity index (χ2n) is 8.31. The Morgan fingerprint density at radius 2 is 1.82 bits per heavy atom. The Morgan fingerprint density at radius 3 is 2.41 bits per heavy atom. The van der Waals surface area contributed by atoms with E-state index in [0.29, 0.717) is 0 Å². The van der Waals surface area contributed by atoms with Crippen molar-refractivity contribution < 1.29 is 39.2 Å². The lowest BCUT2D eigenvalue weighted by atomic mass is 9.76. The second kappa shape index (κ2) is 7.84. The van der Waals surface area contributed by atoms with Gasteiger partial charge in [0.15, 0.2) is 17.6 Å². The van der Waals surface area contributed by atoms with Gasteiger partial charge >= 0.3 is 17.3 Å². The van der Waals surface area contributed by atoms with E-state index in [0.717, 1.165) is 13.8 Å². The summed E-state index contributed by atoms with van der Waals surface area (Å²) in [5.41, 5.74) is 5.39. The van der Waals surface area contributed by atoms with Crippen LogP contribution in [-0.2, 0) is 19.1 Å². The molecule has 0 fully saturated rings. The van der Waals surface area contributed by atoms with Crippen LogP contribution in [0.3, 0.4) is 0 Å².